The number of aromatic nitrogens is 3. The lowest BCUT2D eigenvalue weighted by molar-refractivity contribution is -0.120. The van der Waals surface area contributed by atoms with Gasteiger partial charge in [-0.15, -0.1) is 0 Å². The van der Waals surface area contributed by atoms with Crippen molar-refractivity contribution < 1.29 is 17.9 Å². The lowest BCUT2D eigenvalue weighted by atomic mass is 10.2. The van der Waals surface area contributed by atoms with E-state index in [1.165, 1.54) is 4.90 Å². The van der Waals surface area contributed by atoms with Crippen LogP contribution in [0.5, 0.6) is 5.88 Å². The second kappa shape index (κ2) is 4.96. The molecule has 1 aliphatic rings. The van der Waals surface area contributed by atoms with Crippen LogP contribution >= 0.6 is 0 Å². The molecule has 5 nitrogen and oxygen atoms in total. The maximum absolute atomic E-state index is 12.9. The molecule has 0 unspecified atom stereocenters. The molecule has 0 bridgehead atoms. The Labute approximate surface area is 125 Å². The van der Waals surface area contributed by atoms with Gasteiger partial charge in [-0.05, 0) is 26.8 Å². The maximum atomic E-state index is 12.9. The Bertz CT molecular complexity index is 727. The molecule has 1 aliphatic heterocycles. The van der Waals surface area contributed by atoms with Gasteiger partial charge in [-0.25, -0.2) is 15.0 Å². The molecule has 0 radical (unpaired) electrons. The zero-order valence-corrected chi connectivity index (χ0v) is 12.4. The number of hydrogen-bond donors (Lipinski definition) is 0. The molecule has 0 fully saturated rings. The van der Waals surface area contributed by atoms with Crippen LogP contribution in [-0.4, -0.2) is 40.3 Å². The number of hydrogen-bond acceptors (Lipinski definition) is 5. The number of pyridine rings is 1. The van der Waals surface area contributed by atoms with Gasteiger partial charge in [0.05, 0.1) is 11.6 Å². The number of alkyl halides is 3. The molecule has 0 amide bonds. The van der Waals surface area contributed by atoms with E-state index in [9.17, 15) is 13.2 Å². The third kappa shape index (κ3) is 2.65. The lowest BCUT2D eigenvalue weighted by Crippen LogP contribution is -2.43. The normalized spacial score (nSPS) is 18.3. The van der Waals surface area contributed by atoms with Gasteiger partial charge in [0, 0.05) is 5.69 Å². The number of rotatable bonds is 1. The van der Waals surface area contributed by atoms with Gasteiger partial charge >= 0.3 is 6.18 Å². The Morgan fingerprint density at radius 1 is 1.27 bits per heavy atom. The van der Waals surface area contributed by atoms with Crippen LogP contribution in [0.15, 0.2) is 6.07 Å². The third-order valence-corrected chi connectivity index (χ3v) is 3.48. The average Bonchev–Trinajstić information content (AvgIpc) is 2.49. The molecule has 3 rings (SSSR count). The number of ether oxygens (including phenoxy) is 1. The van der Waals surface area contributed by atoms with Crippen molar-refractivity contribution in [2.75, 3.05) is 18.1 Å². The minimum atomic E-state index is -4.33. The van der Waals surface area contributed by atoms with E-state index in [1.54, 1.807) is 26.8 Å². The Kier molecular flexibility index (Phi) is 3.34. The van der Waals surface area contributed by atoms with Crippen molar-refractivity contribution in [2.24, 2.45) is 0 Å². The molecule has 2 aromatic rings. The quantitative estimate of drug-likeness (QED) is 0.810. The number of nitrogens with zero attached hydrogens (tertiary/aromatic N) is 4. The van der Waals surface area contributed by atoms with Crippen molar-refractivity contribution in [3.63, 3.8) is 0 Å². The smallest absolute Gasteiger partial charge is 0.405 e. The summed E-state index contributed by atoms with van der Waals surface area (Å²) in [4.78, 5) is 14.0. The summed E-state index contributed by atoms with van der Waals surface area (Å²) in [5.41, 5.74) is 1.25. The Balaban J connectivity index is 2.26. The van der Waals surface area contributed by atoms with Gasteiger partial charge in [0.1, 0.15) is 30.2 Å². The molecule has 22 heavy (non-hydrogen) atoms. The van der Waals surface area contributed by atoms with E-state index >= 15 is 0 Å². The molecule has 118 valence electrons. The number of anilines is 1. The zero-order chi connectivity index (χ0) is 16.1. The predicted molar refractivity (Wildman–Crippen MR) is 75.2 cm³/mol. The highest BCUT2D eigenvalue weighted by atomic mass is 19.4. The molecule has 1 atom stereocenters. The summed E-state index contributed by atoms with van der Waals surface area (Å²) in [5.74, 6) is 0.939. The number of halogens is 3. The largest absolute Gasteiger partial charge is 0.475 e. The van der Waals surface area contributed by atoms with Crippen LogP contribution in [0.25, 0.3) is 10.9 Å². The minimum absolute atomic E-state index is 0.108. The van der Waals surface area contributed by atoms with Crippen LogP contribution in [0.1, 0.15) is 18.4 Å². The van der Waals surface area contributed by atoms with Gasteiger partial charge in [-0.3, -0.25) is 0 Å². The first kappa shape index (κ1) is 14.8. The summed E-state index contributed by atoms with van der Waals surface area (Å²) in [6.07, 6.45) is -4.33. The van der Waals surface area contributed by atoms with Gasteiger partial charge in [0.25, 0.3) is 0 Å². The molecular weight excluding hydrogens is 297 g/mol. The molecule has 2 aromatic heterocycles. The molecule has 0 saturated carbocycles. The highest BCUT2D eigenvalue weighted by Crippen LogP contribution is 2.36. The summed E-state index contributed by atoms with van der Waals surface area (Å²) in [5, 5.41) is 0.435. The standard InChI is InChI=1S/C14H15F3N4O/c1-7-4-10-11-12(20-9(3)19-10)21(6-14(15,16)17)8(2)5-22-13(11)18-7/h4,8H,5-6H2,1-3H3/t8-/m0/s1. The Morgan fingerprint density at radius 2 is 2.00 bits per heavy atom. The van der Waals surface area contributed by atoms with Crippen LogP contribution < -0.4 is 9.64 Å². The van der Waals surface area contributed by atoms with Gasteiger partial charge in [-0.1, -0.05) is 0 Å². The van der Waals surface area contributed by atoms with E-state index in [0.29, 0.717) is 28.3 Å². The molecule has 0 aliphatic carbocycles. The van der Waals surface area contributed by atoms with E-state index in [-0.39, 0.29) is 12.4 Å². The van der Waals surface area contributed by atoms with E-state index in [1.807, 2.05) is 0 Å². The topological polar surface area (TPSA) is 51.1 Å². The van der Waals surface area contributed by atoms with E-state index in [4.69, 9.17) is 4.74 Å². The van der Waals surface area contributed by atoms with Gasteiger partial charge < -0.3 is 9.64 Å². The van der Waals surface area contributed by atoms with Gasteiger partial charge in [-0.2, -0.15) is 13.2 Å². The maximum Gasteiger partial charge on any atom is 0.405 e. The van der Waals surface area contributed by atoms with Gasteiger partial charge in [0.2, 0.25) is 5.88 Å². The Morgan fingerprint density at radius 3 is 2.68 bits per heavy atom. The average molecular weight is 312 g/mol. The second-order valence-corrected chi connectivity index (χ2v) is 5.46. The van der Waals surface area contributed by atoms with E-state index < -0.39 is 18.8 Å². The van der Waals surface area contributed by atoms with Crippen molar-refractivity contribution in [3.8, 4) is 5.88 Å². The first-order valence-electron chi connectivity index (χ1n) is 6.87. The molecular formula is C14H15F3N4O. The summed E-state index contributed by atoms with van der Waals surface area (Å²) in [6.45, 7) is 4.15. The van der Waals surface area contributed by atoms with Crippen LogP contribution in [0.4, 0.5) is 19.0 Å². The predicted octanol–water partition coefficient (Wildman–Crippen LogP) is 2.79. The van der Waals surface area contributed by atoms with Crippen LogP contribution in [0.3, 0.4) is 0 Å². The van der Waals surface area contributed by atoms with Crippen molar-refractivity contribution in [1.29, 1.82) is 0 Å². The van der Waals surface area contributed by atoms with Crippen LogP contribution in [0, 0.1) is 13.8 Å². The van der Waals surface area contributed by atoms with Crippen molar-refractivity contribution in [1.82, 2.24) is 15.0 Å². The molecule has 0 aromatic carbocycles. The van der Waals surface area contributed by atoms with Gasteiger partial charge in [0.15, 0.2) is 0 Å². The van der Waals surface area contributed by atoms with E-state index in [0.717, 1.165) is 0 Å². The zero-order valence-electron chi connectivity index (χ0n) is 12.4. The SMILES string of the molecule is Cc1cc2nc(C)nc3c2c(n1)OC[C@H](C)N3CC(F)(F)F. The Hall–Kier alpha value is -2.12. The monoisotopic (exact) mass is 312 g/mol. The lowest BCUT2D eigenvalue weighted by Gasteiger charge is -2.29. The summed E-state index contributed by atoms with van der Waals surface area (Å²) >= 11 is 0. The second-order valence-electron chi connectivity index (χ2n) is 5.46. The fourth-order valence-corrected chi connectivity index (χ4v) is 2.57. The third-order valence-electron chi connectivity index (χ3n) is 3.48. The molecule has 3 heterocycles. The molecule has 8 heteroatoms. The molecule has 0 saturated heterocycles. The van der Waals surface area contributed by atoms with Crippen LogP contribution in [0.2, 0.25) is 0 Å². The molecule has 0 N–H and O–H groups in total. The van der Waals surface area contributed by atoms with Crippen molar-refractivity contribution >= 4 is 16.7 Å². The number of aryl methyl sites for hydroxylation is 2. The summed E-state index contributed by atoms with van der Waals surface area (Å²) in [7, 11) is 0. The highest BCUT2D eigenvalue weighted by Gasteiger charge is 2.36. The summed E-state index contributed by atoms with van der Waals surface area (Å²) < 4.78 is 44.4. The van der Waals surface area contributed by atoms with Crippen molar-refractivity contribution in [2.45, 2.75) is 33.0 Å². The van der Waals surface area contributed by atoms with E-state index in [2.05, 4.69) is 15.0 Å². The first-order chi connectivity index (χ1) is 10.2. The van der Waals surface area contributed by atoms with Crippen LogP contribution in [-0.2, 0) is 0 Å². The highest BCUT2D eigenvalue weighted by molar-refractivity contribution is 5.94. The molecule has 0 spiro atoms. The fraction of sp³-hybridized carbons (Fsp3) is 0.500. The van der Waals surface area contributed by atoms with Crippen molar-refractivity contribution in [3.05, 3.63) is 17.6 Å². The fourth-order valence-electron chi connectivity index (χ4n) is 2.57. The summed E-state index contributed by atoms with van der Waals surface area (Å²) in [6, 6.07) is 1.25. The minimum Gasteiger partial charge on any atom is -0.475 e. The first-order valence-corrected chi connectivity index (χ1v) is 6.87.